The number of fused-ring (bicyclic) bond motifs is 2. The highest BCUT2D eigenvalue weighted by Gasteiger charge is 2.40. The van der Waals surface area contributed by atoms with Crippen molar-refractivity contribution in [1.82, 2.24) is 4.98 Å². The number of hydrogen-bond donors (Lipinski definition) is 1. The summed E-state index contributed by atoms with van der Waals surface area (Å²) in [7, 11) is 0. The molecule has 1 N–H and O–H groups in total. The van der Waals surface area contributed by atoms with Crippen molar-refractivity contribution in [2.75, 3.05) is 11.4 Å². The monoisotopic (exact) mass is 394 g/mol. The molecule has 2 aromatic rings. The van der Waals surface area contributed by atoms with Crippen LogP contribution in [0, 0.1) is 0 Å². The standard InChI is InChI=1S/C17H16F6N2O2/c1-3-13-8(2)25(7-16(18,19)20)12-4-9-10(17(21,22)23)5-15(26)24-11(9)6-14(12)27-13/h4-6,8,13H,3,7H2,1-2H3,(H,24,26)/t8-,13?/m0/s1. The number of ether oxygens (including phenoxy) is 1. The van der Waals surface area contributed by atoms with E-state index in [0.29, 0.717) is 12.5 Å². The fourth-order valence-corrected chi connectivity index (χ4v) is 3.35. The Morgan fingerprint density at radius 2 is 1.81 bits per heavy atom. The van der Waals surface area contributed by atoms with Gasteiger partial charge in [-0.05, 0) is 19.4 Å². The molecule has 1 aromatic heterocycles. The molecule has 0 saturated carbocycles. The van der Waals surface area contributed by atoms with Crippen LogP contribution in [0.15, 0.2) is 23.0 Å². The summed E-state index contributed by atoms with van der Waals surface area (Å²) in [6.07, 6.45) is -9.54. The molecule has 0 bridgehead atoms. The number of nitrogens with zero attached hydrogens (tertiary/aromatic N) is 1. The molecule has 0 radical (unpaired) electrons. The Bertz CT molecular complexity index is 918. The van der Waals surface area contributed by atoms with Gasteiger partial charge in [0.2, 0.25) is 5.56 Å². The molecule has 0 aliphatic carbocycles. The number of halogens is 6. The van der Waals surface area contributed by atoms with E-state index in [9.17, 15) is 31.1 Å². The van der Waals surface area contributed by atoms with Gasteiger partial charge in [-0.3, -0.25) is 4.79 Å². The van der Waals surface area contributed by atoms with Crippen molar-refractivity contribution in [2.45, 2.75) is 44.8 Å². The normalized spacial score (nSPS) is 20.5. The van der Waals surface area contributed by atoms with Crippen LogP contribution < -0.4 is 15.2 Å². The van der Waals surface area contributed by atoms with Crippen LogP contribution in [0.2, 0.25) is 0 Å². The first-order valence-electron chi connectivity index (χ1n) is 8.19. The summed E-state index contributed by atoms with van der Waals surface area (Å²) in [6, 6.07) is 1.85. The lowest BCUT2D eigenvalue weighted by atomic mass is 10.0. The zero-order valence-corrected chi connectivity index (χ0v) is 14.3. The van der Waals surface area contributed by atoms with Crippen LogP contribution in [0.5, 0.6) is 5.75 Å². The predicted octanol–water partition coefficient (Wildman–Crippen LogP) is 4.48. The molecule has 1 aliphatic rings. The van der Waals surface area contributed by atoms with Gasteiger partial charge in [-0.1, -0.05) is 6.92 Å². The van der Waals surface area contributed by atoms with E-state index in [2.05, 4.69) is 4.98 Å². The second-order valence-corrected chi connectivity index (χ2v) is 6.46. The largest absolute Gasteiger partial charge is 0.486 e. The van der Waals surface area contributed by atoms with Gasteiger partial charge < -0.3 is 14.6 Å². The molecule has 0 saturated heterocycles. The number of anilines is 1. The number of aromatic nitrogens is 1. The van der Waals surface area contributed by atoms with E-state index in [0.717, 1.165) is 17.0 Å². The summed E-state index contributed by atoms with van der Waals surface area (Å²) in [6.45, 7) is 1.95. The average molecular weight is 394 g/mol. The quantitative estimate of drug-likeness (QED) is 0.765. The highest BCUT2D eigenvalue weighted by Crippen LogP contribution is 2.43. The number of benzene rings is 1. The molecule has 2 atom stereocenters. The highest BCUT2D eigenvalue weighted by atomic mass is 19.4. The zero-order valence-electron chi connectivity index (χ0n) is 14.3. The fraction of sp³-hybridized carbons (Fsp3) is 0.471. The van der Waals surface area contributed by atoms with Crippen molar-refractivity contribution >= 4 is 16.6 Å². The topological polar surface area (TPSA) is 45.3 Å². The summed E-state index contributed by atoms with van der Waals surface area (Å²) in [5.74, 6) is 0.00618. The lowest BCUT2D eigenvalue weighted by molar-refractivity contribution is -0.136. The van der Waals surface area contributed by atoms with E-state index in [1.54, 1.807) is 6.92 Å². The second kappa shape index (κ2) is 6.35. The van der Waals surface area contributed by atoms with Crippen LogP contribution in [0.25, 0.3) is 10.9 Å². The molecule has 4 nitrogen and oxygen atoms in total. The van der Waals surface area contributed by atoms with Crippen LogP contribution >= 0.6 is 0 Å². The Kier molecular flexibility index (Phi) is 4.55. The Morgan fingerprint density at radius 1 is 1.15 bits per heavy atom. The second-order valence-electron chi connectivity index (χ2n) is 6.46. The summed E-state index contributed by atoms with van der Waals surface area (Å²) in [5, 5.41) is -0.390. The zero-order chi connectivity index (χ0) is 20.1. The number of pyridine rings is 1. The van der Waals surface area contributed by atoms with Crippen molar-refractivity contribution < 1.29 is 31.1 Å². The Labute approximate surface area is 149 Å². The molecule has 148 valence electrons. The first-order valence-corrected chi connectivity index (χ1v) is 8.19. The molecular weight excluding hydrogens is 378 g/mol. The lowest BCUT2D eigenvalue weighted by Crippen LogP contribution is -2.51. The molecule has 2 heterocycles. The van der Waals surface area contributed by atoms with Crippen molar-refractivity contribution in [3.63, 3.8) is 0 Å². The molecule has 1 aromatic carbocycles. The van der Waals surface area contributed by atoms with Gasteiger partial charge in [0.1, 0.15) is 18.4 Å². The van der Waals surface area contributed by atoms with E-state index >= 15 is 0 Å². The van der Waals surface area contributed by atoms with Gasteiger partial charge >= 0.3 is 12.4 Å². The van der Waals surface area contributed by atoms with Crippen LogP contribution in [0.3, 0.4) is 0 Å². The van der Waals surface area contributed by atoms with Crippen molar-refractivity contribution in [2.24, 2.45) is 0 Å². The van der Waals surface area contributed by atoms with Crippen LogP contribution in [0.4, 0.5) is 32.0 Å². The van der Waals surface area contributed by atoms with E-state index in [1.165, 1.54) is 6.92 Å². The van der Waals surface area contributed by atoms with Crippen molar-refractivity contribution in [1.29, 1.82) is 0 Å². The molecule has 0 spiro atoms. The summed E-state index contributed by atoms with van der Waals surface area (Å²) in [4.78, 5) is 14.9. The molecule has 10 heteroatoms. The van der Waals surface area contributed by atoms with Gasteiger partial charge in [0.15, 0.2) is 0 Å². The number of hydrogen-bond acceptors (Lipinski definition) is 3. The summed E-state index contributed by atoms with van der Waals surface area (Å²) < 4.78 is 84.8. The predicted molar refractivity (Wildman–Crippen MR) is 87.1 cm³/mol. The van der Waals surface area contributed by atoms with E-state index in [-0.39, 0.29) is 17.0 Å². The van der Waals surface area contributed by atoms with Gasteiger partial charge in [0.25, 0.3) is 0 Å². The van der Waals surface area contributed by atoms with E-state index in [4.69, 9.17) is 4.74 Å². The van der Waals surface area contributed by atoms with Gasteiger partial charge in [-0.25, -0.2) is 0 Å². The SMILES string of the molecule is CCC1Oc2cc3[nH]c(=O)cc(C(F)(F)F)c3cc2N(CC(F)(F)F)[C@H]1C. The minimum Gasteiger partial charge on any atom is -0.486 e. The van der Waals surface area contributed by atoms with Gasteiger partial charge in [-0.2, -0.15) is 26.3 Å². The number of H-pyrrole nitrogens is 1. The highest BCUT2D eigenvalue weighted by molar-refractivity contribution is 5.89. The van der Waals surface area contributed by atoms with Crippen LogP contribution in [-0.4, -0.2) is 29.9 Å². The van der Waals surface area contributed by atoms with Crippen LogP contribution in [0.1, 0.15) is 25.8 Å². The average Bonchev–Trinajstić information content (AvgIpc) is 2.53. The molecule has 0 amide bonds. The van der Waals surface area contributed by atoms with Crippen molar-refractivity contribution in [3.05, 3.63) is 34.1 Å². The molecular formula is C17H16F6N2O2. The molecule has 1 aliphatic heterocycles. The molecule has 1 unspecified atom stereocenters. The Morgan fingerprint density at radius 3 is 2.37 bits per heavy atom. The lowest BCUT2D eigenvalue weighted by Gasteiger charge is -2.42. The molecule has 3 rings (SSSR count). The maximum Gasteiger partial charge on any atom is 0.417 e. The summed E-state index contributed by atoms with van der Waals surface area (Å²) in [5.41, 5.74) is -2.40. The maximum absolute atomic E-state index is 13.3. The van der Waals surface area contributed by atoms with Gasteiger partial charge in [0.05, 0.1) is 22.8 Å². The smallest absolute Gasteiger partial charge is 0.417 e. The van der Waals surface area contributed by atoms with Crippen molar-refractivity contribution in [3.8, 4) is 5.75 Å². The van der Waals surface area contributed by atoms with E-state index in [1.807, 2.05) is 0 Å². The third-order valence-corrected chi connectivity index (χ3v) is 4.60. The number of rotatable bonds is 2. The maximum atomic E-state index is 13.3. The van der Waals surface area contributed by atoms with Gasteiger partial charge in [0, 0.05) is 17.5 Å². The first-order chi connectivity index (χ1) is 12.4. The van der Waals surface area contributed by atoms with E-state index < -0.39 is 47.6 Å². The third-order valence-electron chi connectivity index (χ3n) is 4.60. The minimum absolute atomic E-state index is 0.00618. The first kappa shape index (κ1) is 19.4. The molecule has 0 fully saturated rings. The molecule has 27 heavy (non-hydrogen) atoms. The third kappa shape index (κ3) is 3.70. The minimum atomic E-state index is -4.83. The number of nitrogens with one attached hydrogen (secondary N) is 1. The van der Waals surface area contributed by atoms with Gasteiger partial charge in [-0.15, -0.1) is 0 Å². The van der Waals surface area contributed by atoms with Crippen LogP contribution in [-0.2, 0) is 6.18 Å². The summed E-state index contributed by atoms with van der Waals surface area (Å²) >= 11 is 0. The Hall–Kier alpha value is -2.39. The fourth-order valence-electron chi connectivity index (χ4n) is 3.35. The number of alkyl halides is 6. The number of aromatic amines is 1. The Balaban J connectivity index is 2.27.